The first-order chi connectivity index (χ1) is 8.61. The highest BCUT2D eigenvalue weighted by atomic mass is 32.1. The normalized spacial score (nSPS) is 24.9. The number of rotatable bonds is 2. The number of thiazole rings is 1. The number of likely N-dealkylation sites (tertiary alicyclic amines) is 1. The van der Waals surface area contributed by atoms with Crippen LogP contribution in [0.25, 0.3) is 0 Å². The van der Waals surface area contributed by atoms with Crippen molar-refractivity contribution < 1.29 is 4.79 Å². The van der Waals surface area contributed by atoms with Crippen LogP contribution in [0, 0.1) is 5.92 Å². The number of nitrogens with zero attached hydrogens (tertiary/aromatic N) is 2. The van der Waals surface area contributed by atoms with Gasteiger partial charge in [-0.15, -0.1) is 11.3 Å². The molecule has 2 unspecified atom stereocenters. The van der Waals surface area contributed by atoms with E-state index in [0.29, 0.717) is 24.2 Å². The Kier molecular flexibility index (Phi) is 4.35. The van der Waals surface area contributed by atoms with Crippen molar-refractivity contribution in [3.63, 3.8) is 0 Å². The van der Waals surface area contributed by atoms with E-state index in [0.717, 1.165) is 18.0 Å². The average molecular weight is 267 g/mol. The third-order valence-corrected chi connectivity index (χ3v) is 4.44. The molecule has 0 aliphatic carbocycles. The smallest absolute Gasteiger partial charge is 0.273 e. The van der Waals surface area contributed by atoms with E-state index in [1.54, 1.807) is 0 Å². The monoisotopic (exact) mass is 267 g/mol. The molecule has 0 aromatic carbocycles. The Bertz CT molecular complexity index is 418. The fourth-order valence-electron chi connectivity index (χ4n) is 2.46. The topological polar surface area (TPSA) is 59.2 Å². The lowest BCUT2D eigenvalue weighted by molar-refractivity contribution is 0.0672. The van der Waals surface area contributed by atoms with Gasteiger partial charge in [-0.25, -0.2) is 4.98 Å². The molecule has 100 valence electrons. The highest BCUT2D eigenvalue weighted by Gasteiger charge is 2.27. The average Bonchev–Trinajstić information content (AvgIpc) is 2.77. The molecule has 0 saturated carbocycles. The number of amides is 1. The van der Waals surface area contributed by atoms with Crippen LogP contribution in [0.1, 0.15) is 48.6 Å². The van der Waals surface area contributed by atoms with Crippen LogP contribution in [-0.2, 0) is 6.54 Å². The maximum absolute atomic E-state index is 12.5. The third-order valence-electron chi connectivity index (χ3n) is 3.57. The summed E-state index contributed by atoms with van der Waals surface area (Å²) in [4.78, 5) is 18.7. The molecule has 4 nitrogen and oxygen atoms in total. The van der Waals surface area contributed by atoms with Gasteiger partial charge in [0.2, 0.25) is 0 Å². The summed E-state index contributed by atoms with van der Waals surface area (Å²) in [6.07, 6.45) is 3.50. The SMILES string of the molecule is CC1CCCC(C)N(C(=O)c2csc(CN)n2)C1. The molecule has 1 aliphatic rings. The van der Waals surface area contributed by atoms with E-state index in [4.69, 9.17) is 5.73 Å². The molecular weight excluding hydrogens is 246 g/mol. The van der Waals surface area contributed by atoms with Crippen LogP contribution in [0.3, 0.4) is 0 Å². The van der Waals surface area contributed by atoms with Crippen LogP contribution in [0.4, 0.5) is 0 Å². The van der Waals surface area contributed by atoms with Gasteiger partial charge in [-0.2, -0.15) is 0 Å². The lowest BCUT2D eigenvalue weighted by atomic mass is 10.1. The van der Waals surface area contributed by atoms with Crippen LogP contribution >= 0.6 is 11.3 Å². The summed E-state index contributed by atoms with van der Waals surface area (Å²) < 4.78 is 0. The summed E-state index contributed by atoms with van der Waals surface area (Å²) in [6.45, 7) is 5.59. The van der Waals surface area contributed by atoms with Crippen molar-refractivity contribution in [1.82, 2.24) is 9.88 Å². The largest absolute Gasteiger partial charge is 0.334 e. The van der Waals surface area contributed by atoms with Gasteiger partial charge in [-0.3, -0.25) is 4.79 Å². The van der Waals surface area contributed by atoms with Gasteiger partial charge in [0.15, 0.2) is 0 Å². The highest BCUT2D eigenvalue weighted by molar-refractivity contribution is 7.09. The first-order valence-corrected chi connectivity index (χ1v) is 7.45. The number of nitrogens with two attached hydrogens (primary N) is 1. The molecule has 5 heteroatoms. The van der Waals surface area contributed by atoms with Gasteiger partial charge >= 0.3 is 0 Å². The molecule has 1 saturated heterocycles. The quantitative estimate of drug-likeness (QED) is 0.894. The van der Waals surface area contributed by atoms with Gasteiger partial charge in [0.25, 0.3) is 5.91 Å². The van der Waals surface area contributed by atoms with Crippen molar-refractivity contribution in [2.24, 2.45) is 11.7 Å². The second kappa shape index (κ2) is 5.80. The second-order valence-corrected chi connectivity index (χ2v) is 6.12. The molecule has 0 radical (unpaired) electrons. The minimum Gasteiger partial charge on any atom is -0.334 e. The summed E-state index contributed by atoms with van der Waals surface area (Å²) in [5.41, 5.74) is 6.10. The lowest BCUT2D eigenvalue weighted by Gasteiger charge is -2.28. The minimum absolute atomic E-state index is 0.0622. The van der Waals surface area contributed by atoms with Crippen molar-refractivity contribution in [2.75, 3.05) is 6.54 Å². The van der Waals surface area contributed by atoms with Crippen LogP contribution in [0.15, 0.2) is 5.38 Å². The Morgan fingerprint density at radius 1 is 1.56 bits per heavy atom. The Morgan fingerprint density at radius 2 is 2.33 bits per heavy atom. The summed E-state index contributed by atoms with van der Waals surface area (Å²) in [5, 5.41) is 2.65. The first-order valence-electron chi connectivity index (χ1n) is 6.57. The molecule has 2 atom stereocenters. The van der Waals surface area contributed by atoms with Crippen LogP contribution in [0.5, 0.6) is 0 Å². The van der Waals surface area contributed by atoms with Crippen molar-refractivity contribution in [3.8, 4) is 0 Å². The lowest BCUT2D eigenvalue weighted by Crippen LogP contribution is -2.40. The summed E-state index contributed by atoms with van der Waals surface area (Å²) in [7, 11) is 0. The second-order valence-electron chi connectivity index (χ2n) is 5.17. The van der Waals surface area contributed by atoms with Crippen LogP contribution < -0.4 is 5.73 Å². The van der Waals surface area contributed by atoms with Crippen molar-refractivity contribution in [3.05, 3.63) is 16.1 Å². The predicted molar refractivity (Wildman–Crippen MR) is 73.5 cm³/mol. The Hall–Kier alpha value is -0.940. The Labute approximate surface area is 112 Å². The van der Waals surface area contributed by atoms with E-state index in [2.05, 4.69) is 18.8 Å². The molecule has 2 heterocycles. The van der Waals surface area contributed by atoms with Crippen molar-refractivity contribution >= 4 is 17.2 Å². The Morgan fingerprint density at radius 3 is 3.00 bits per heavy atom. The summed E-state index contributed by atoms with van der Waals surface area (Å²) in [6, 6.07) is 0.311. The number of aromatic nitrogens is 1. The molecular formula is C13H21N3OS. The molecule has 0 bridgehead atoms. The molecule has 2 N–H and O–H groups in total. The van der Waals surface area contributed by atoms with Crippen LogP contribution in [-0.4, -0.2) is 28.4 Å². The first kappa shape index (κ1) is 13.5. The summed E-state index contributed by atoms with van der Waals surface area (Å²) in [5.74, 6) is 0.638. The molecule has 1 amide bonds. The maximum Gasteiger partial charge on any atom is 0.273 e. The van der Waals surface area contributed by atoms with Gasteiger partial charge in [-0.05, 0) is 25.7 Å². The standard InChI is InChI=1S/C13H21N3OS/c1-9-4-3-5-10(2)16(7-9)13(17)11-8-18-12(6-14)15-11/h8-10H,3-7,14H2,1-2H3. The van der Waals surface area contributed by atoms with E-state index in [-0.39, 0.29) is 5.91 Å². The van der Waals surface area contributed by atoms with Crippen LogP contribution in [0.2, 0.25) is 0 Å². The van der Waals surface area contributed by atoms with E-state index < -0.39 is 0 Å². The molecule has 1 fully saturated rings. The molecule has 0 spiro atoms. The zero-order valence-electron chi connectivity index (χ0n) is 11.1. The zero-order chi connectivity index (χ0) is 13.1. The maximum atomic E-state index is 12.5. The number of carbonyl (C=O) groups is 1. The van der Waals surface area contributed by atoms with E-state index in [1.165, 1.54) is 24.2 Å². The predicted octanol–water partition coefficient (Wildman–Crippen LogP) is 2.25. The van der Waals surface area contributed by atoms with E-state index >= 15 is 0 Å². The number of carbonyl (C=O) groups excluding carboxylic acids is 1. The summed E-state index contributed by atoms with van der Waals surface area (Å²) >= 11 is 1.47. The van der Waals surface area contributed by atoms with Gasteiger partial charge in [-0.1, -0.05) is 13.3 Å². The minimum atomic E-state index is 0.0622. The third kappa shape index (κ3) is 2.90. The molecule has 1 aromatic heterocycles. The molecule has 2 rings (SSSR count). The van der Waals surface area contributed by atoms with Crippen molar-refractivity contribution in [2.45, 2.75) is 45.7 Å². The Balaban J connectivity index is 2.15. The van der Waals surface area contributed by atoms with Crippen molar-refractivity contribution in [1.29, 1.82) is 0 Å². The van der Waals surface area contributed by atoms with Gasteiger partial charge in [0, 0.05) is 24.5 Å². The number of hydrogen-bond acceptors (Lipinski definition) is 4. The molecule has 18 heavy (non-hydrogen) atoms. The van der Waals surface area contributed by atoms with E-state index in [9.17, 15) is 4.79 Å². The van der Waals surface area contributed by atoms with Gasteiger partial charge < -0.3 is 10.6 Å². The van der Waals surface area contributed by atoms with E-state index in [1.807, 2.05) is 10.3 Å². The fraction of sp³-hybridized carbons (Fsp3) is 0.692. The van der Waals surface area contributed by atoms with Gasteiger partial charge in [0.1, 0.15) is 10.7 Å². The zero-order valence-corrected chi connectivity index (χ0v) is 11.9. The number of hydrogen-bond donors (Lipinski definition) is 1. The fourth-order valence-corrected chi connectivity index (χ4v) is 3.11. The molecule has 1 aliphatic heterocycles. The van der Waals surface area contributed by atoms with Gasteiger partial charge in [0.05, 0.1) is 0 Å². The highest BCUT2D eigenvalue weighted by Crippen LogP contribution is 2.23. The molecule has 1 aromatic rings.